The molecule has 2 nitrogen and oxygen atoms in total. The molecule has 3 aromatic rings. The van der Waals surface area contributed by atoms with Gasteiger partial charge >= 0.3 is 9.28 Å². The first-order valence-electron chi connectivity index (χ1n) is 7.56. The van der Waals surface area contributed by atoms with E-state index >= 15 is 0 Å². The monoisotopic (exact) mass is 322 g/mol. The van der Waals surface area contributed by atoms with Crippen LogP contribution in [-0.2, 0) is 8.85 Å². The van der Waals surface area contributed by atoms with Crippen molar-refractivity contribution >= 4 is 14.5 Å². The average Bonchev–Trinajstić information content (AvgIpc) is 2.66. The fourth-order valence-corrected chi connectivity index (χ4v) is 3.51. The Morgan fingerprint density at radius 2 is 0.870 bits per heavy atom. The van der Waals surface area contributed by atoms with Gasteiger partial charge in [-0.05, 0) is 16.3 Å². The topological polar surface area (TPSA) is 18.5 Å². The Morgan fingerprint density at radius 1 is 0.522 bits per heavy atom. The highest BCUT2D eigenvalue weighted by Gasteiger charge is 2.10. The lowest BCUT2D eigenvalue weighted by Gasteiger charge is -2.09. The molecule has 0 amide bonds. The van der Waals surface area contributed by atoms with Crippen LogP contribution in [0.3, 0.4) is 0 Å². The second kappa shape index (κ2) is 9.74. The Morgan fingerprint density at radius 3 is 1.22 bits per heavy atom. The Bertz CT molecular complexity index is 615. The van der Waals surface area contributed by atoms with Crippen molar-refractivity contribution in [2.24, 2.45) is 0 Å². The van der Waals surface area contributed by atoms with Crippen molar-refractivity contribution in [3.63, 3.8) is 0 Å². The predicted molar refractivity (Wildman–Crippen MR) is 99.1 cm³/mol. The molecular formula is C20H22O2Si. The molecule has 0 saturated heterocycles. The van der Waals surface area contributed by atoms with Crippen molar-refractivity contribution in [1.29, 1.82) is 0 Å². The Kier molecular flexibility index (Phi) is 7.27. The third-order valence-electron chi connectivity index (χ3n) is 3.38. The van der Waals surface area contributed by atoms with Crippen molar-refractivity contribution < 1.29 is 8.85 Å². The van der Waals surface area contributed by atoms with E-state index in [1.165, 1.54) is 16.3 Å². The molecule has 0 fully saturated rings. The highest BCUT2D eigenvalue weighted by molar-refractivity contribution is 6.61. The van der Waals surface area contributed by atoms with E-state index in [0.29, 0.717) is 0 Å². The van der Waals surface area contributed by atoms with Gasteiger partial charge in [-0.3, -0.25) is 0 Å². The molecule has 0 radical (unpaired) electrons. The maximum atomic E-state index is 5.20. The summed E-state index contributed by atoms with van der Waals surface area (Å²) in [6, 6.07) is 30.8. The van der Waals surface area contributed by atoms with Gasteiger partial charge in [-0.15, -0.1) is 0 Å². The minimum atomic E-state index is -1.55. The normalized spacial score (nSPS) is 10.0. The second-order valence-corrected chi connectivity index (χ2v) is 7.22. The van der Waals surface area contributed by atoms with Crippen LogP contribution in [0.2, 0.25) is 0 Å². The first-order chi connectivity index (χ1) is 11.3. The fourth-order valence-electron chi connectivity index (χ4n) is 2.24. The Labute approximate surface area is 140 Å². The zero-order valence-electron chi connectivity index (χ0n) is 13.6. The van der Waals surface area contributed by atoms with Crippen LogP contribution < -0.4 is 5.19 Å². The second-order valence-electron chi connectivity index (χ2n) is 4.95. The van der Waals surface area contributed by atoms with Crippen molar-refractivity contribution in [3.05, 3.63) is 91.0 Å². The Balaban J connectivity index is 0.000000168. The highest BCUT2D eigenvalue weighted by atomic mass is 28.3. The zero-order chi connectivity index (χ0) is 16.3. The maximum Gasteiger partial charge on any atom is 0.355 e. The van der Waals surface area contributed by atoms with Gasteiger partial charge in [0.05, 0.1) is 0 Å². The van der Waals surface area contributed by atoms with Gasteiger partial charge < -0.3 is 8.85 Å². The summed E-state index contributed by atoms with van der Waals surface area (Å²) in [4.78, 5) is 0. The van der Waals surface area contributed by atoms with Gasteiger partial charge in [-0.2, -0.15) is 0 Å². The molecule has 0 bridgehead atoms. The summed E-state index contributed by atoms with van der Waals surface area (Å²) in [5.74, 6) is 0. The van der Waals surface area contributed by atoms with E-state index in [-0.39, 0.29) is 0 Å². The zero-order valence-corrected chi connectivity index (χ0v) is 14.7. The molecule has 0 aliphatic heterocycles. The van der Waals surface area contributed by atoms with Gasteiger partial charge in [0, 0.05) is 14.2 Å². The lowest BCUT2D eigenvalue weighted by molar-refractivity contribution is 0.292. The van der Waals surface area contributed by atoms with Crippen LogP contribution >= 0.6 is 0 Å². The standard InChI is InChI=1S/C12H10.C8H12O2Si/c1-3-7-11(8-4-1)12-9-5-2-6-10-12;1-9-11(10-2)8-6-4-3-5-7-8/h1-10H;3-7,11H,1-2H3. The molecule has 0 spiro atoms. The number of hydrogen-bond acceptors (Lipinski definition) is 2. The van der Waals surface area contributed by atoms with E-state index < -0.39 is 9.28 Å². The molecule has 0 atom stereocenters. The molecule has 0 heterocycles. The molecule has 0 aromatic heterocycles. The van der Waals surface area contributed by atoms with Crippen molar-refractivity contribution in [2.75, 3.05) is 14.2 Å². The third kappa shape index (κ3) is 5.49. The number of benzene rings is 3. The van der Waals surface area contributed by atoms with Crippen LogP contribution in [0.25, 0.3) is 11.1 Å². The maximum absolute atomic E-state index is 5.20. The highest BCUT2D eigenvalue weighted by Crippen LogP contribution is 2.17. The van der Waals surface area contributed by atoms with Crippen LogP contribution in [0.5, 0.6) is 0 Å². The third-order valence-corrected chi connectivity index (χ3v) is 5.17. The van der Waals surface area contributed by atoms with Gasteiger partial charge in [0.25, 0.3) is 0 Å². The number of hydrogen-bond donors (Lipinski definition) is 0. The summed E-state index contributed by atoms with van der Waals surface area (Å²) >= 11 is 0. The van der Waals surface area contributed by atoms with Crippen LogP contribution in [-0.4, -0.2) is 23.5 Å². The smallest absolute Gasteiger partial charge is 0.355 e. The molecule has 0 unspecified atom stereocenters. The minimum Gasteiger partial charge on any atom is -0.397 e. The first-order valence-corrected chi connectivity index (χ1v) is 9.08. The quantitative estimate of drug-likeness (QED) is 0.681. The SMILES string of the molecule is CO[SiH](OC)c1ccccc1.c1ccc(-c2ccccc2)cc1. The summed E-state index contributed by atoms with van der Waals surface area (Å²) < 4.78 is 10.4. The lowest BCUT2D eigenvalue weighted by Crippen LogP contribution is -2.34. The molecule has 23 heavy (non-hydrogen) atoms. The van der Waals surface area contributed by atoms with Gasteiger partial charge in [-0.1, -0.05) is 91.0 Å². The van der Waals surface area contributed by atoms with E-state index in [0.717, 1.165) is 0 Å². The van der Waals surface area contributed by atoms with Crippen LogP contribution in [0.1, 0.15) is 0 Å². The molecule has 118 valence electrons. The summed E-state index contributed by atoms with van der Waals surface area (Å²) in [6.07, 6.45) is 0. The van der Waals surface area contributed by atoms with Crippen molar-refractivity contribution in [3.8, 4) is 11.1 Å². The van der Waals surface area contributed by atoms with Crippen LogP contribution in [0.4, 0.5) is 0 Å². The van der Waals surface area contributed by atoms with Gasteiger partial charge in [-0.25, -0.2) is 0 Å². The number of rotatable bonds is 4. The molecule has 3 aromatic carbocycles. The summed E-state index contributed by atoms with van der Waals surface area (Å²) in [5.41, 5.74) is 2.55. The summed E-state index contributed by atoms with van der Waals surface area (Å²) in [6.45, 7) is 0. The lowest BCUT2D eigenvalue weighted by atomic mass is 10.1. The average molecular weight is 322 g/mol. The van der Waals surface area contributed by atoms with Crippen LogP contribution in [0, 0.1) is 0 Å². The fraction of sp³-hybridized carbons (Fsp3) is 0.100. The van der Waals surface area contributed by atoms with Crippen molar-refractivity contribution in [2.45, 2.75) is 0 Å². The first kappa shape index (κ1) is 17.2. The van der Waals surface area contributed by atoms with Crippen LogP contribution in [0.15, 0.2) is 91.0 Å². The van der Waals surface area contributed by atoms with Crippen molar-refractivity contribution in [1.82, 2.24) is 0 Å². The van der Waals surface area contributed by atoms with Gasteiger partial charge in [0.15, 0.2) is 0 Å². The van der Waals surface area contributed by atoms with E-state index in [1.807, 2.05) is 42.5 Å². The predicted octanol–water partition coefficient (Wildman–Crippen LogP) is 3.76. The molecule has 0 aliphatic rings. The largest absolute Gasteiger partial charge is 0.397 e. The molecule has 0 saturated carbocycles. The van der Waals surface area contributed by atoms with Gasteiger partial charge in [0.1, 0.15) is 0 Å². The minimum absolute atomic E-state index is 1.18. The summed E-state index contributed by atoms with van der Waals surface area (Å²) in [5, 5.41) is 1.18. The van der Waals surface area contributed by atoms with E-state index in [1.54, 1.807) is 14.2 Å². The Hall–Kier alpha value is -2.20. The molecule has 3 rings (SSSR count). The summed E-state index contributed by atoms with van der Waals surface area (Å²) in [7, 11) is 1.83. The van der Waals surface area contributed by atoms with Gasteiger partial charge in [0.2, 0.25) is 0 Å². The van der Waals surface area contributed by atoms with E-state index in [9.17, 15) is 0 Å². The molecule has 3 heteroatoms. The molecule has 0 N–H and O–H groups in total. The molecular weight excluding hydrogens is 300 g/mol. The van der Waals surface area contributed by atoms with E-state index in [4.69, 9.17) is 8.85 Å². The molecule has 0 aliphatic carbocycles. The van der Waals surface area contributed by atoms with E-state index in [2.05, 4.69) is 48.5 Å².